The standard InChI is InChI=1S/C16H20FNO3/c1-10(21-13-5-3-12(17)4-6-13)16(20)18-8-11-2-7-15(19)14(11)9-18/h3-6,10-11,14-15,19H,2,7-9H2,1H3. The number of nitrogens with zero attached hydrogens (tertiary/aromatic N) is 1. The number of aliphatic hydroxyl groups is 1. The summed E-state index contributed by atoms with van der Waals surface area (Å²) in [4.78, 5) is 14.2. The minimum Gasteiger partial charge on any atom is -0.481 e. The molecule has 1 saturated carbocycles. The summed E-state index contributed by atoms with van der Waals surface area (Å²) in [6.07, 6.45) is 0.953. The molecule has 0 radical (unpaired) electrons. The molecule has 0 bridgehead atoms. The van der Waals surface area contributed by atoms with Crippen LogP contribution in [0.1, 0.15) is 19.8 Å². The van der Waals surface area contributed by atoms with Crippen LogP contribution < -0.4 is 4.74 Å². The second kappa shape index (κ2) is 5.64. The topological polar surface area (TPSA) is 49.8 Å². The smallest absolute Gasteiger partial charge is 0.263 e. The summed E-state index contributed by atoms with van der Waals surface area (Å²) in [5.41, 5.74) is 0. The monoisotopic (exact) mass is 293 g/mol. The van der Waals surface area contributed by atoms with Gasteiger partial charge in [-0.15, -0.1) is 0 Å². The zero-order valence-electron chi connectivity index (χ0n) is 12.0. The van der Waals surface area contributed by atoms with Crippen LogP contribution in [0.4, 0.5) is 4.39 Å². The number of hydrogen-bond donors (Lipinski definition) is 1. The van der Waals surface area contributed by atoms with Gasteiger partial charge in [0.1, 0.15) is 11.6 Å². The molecule has 2 aliphatic rings. The number of aliphatic hydroxyl groups excluding tert-OH is 1. The van der Waals surface area contributed by atoms with E-state index >= 15 is 0 Å². The number of ether oxygens (including phenoxy) is 1. The van der Waals surface area contributed by atoms with Crippen LogP contribution in [-0.2, 0) is 4.79 Å². The maximum atomic E-state index is 12.8. The van der Waals surface area contributed by atoms with Gasteiger partial charge in [0.25, 0.3) is 5.91 Å². The number of benzene rings is 1. The molecule has 4 unspecified atom stereocenters. The number of carbonyl (C=O) groups excluding carboxylic acids is 1. The van der Waals surface area contributed by atoms with E-state index in [1.165, 1.54) is 24.3 Å². The first-order chi connectivity index (χ1) is 10.0. The SMILES string of the molecule is CC(Oc1ccc(F)cc1)C(=O)N1CC2CCC(O)C2C1. The second-order valence-electron chi connectivity index (χ2n) is 6.03. The van der Waals surface area contributed by atoms with Gasteiger partial charge in [-0.2, -0.15) is 0 Å². The summed E-state index contributed by atoms with van der Waals surface area (Å²) < 4.78 is 18.4. The first kappa shape index (κ1) is 14.3. The minimum absolute atomic E-state index is 0.0686. The third kappa shape index (κ3) is 2.88. The Bertz CT molecular complexity index is 519. The van der Waals surface area contributed by atoms with Gasteiger partial charge in [0.05, 0.1) is 6.10 Å². The van der Waals surface area contributed by atoms with Crippen molar-refractivity contribution in [2.24, 2.45) is 11.8 Å². The predicted octanol–water partition coefficient (Wildman–Crippen LogP) is 1.82. The van der Waals surface area contributed by atoms with Crippen molar-refractivity contribution in [1.29, 1.82) is 0 Å². The molecule has 1 aliphatic heterocycles. The van der Waals surface area contributed by atoms with E-state index in [0.29, 0.717) is 24.8 Å². The number of amides is 1. The molecular weight excluding hydrogens is 273 g/mol. The number of fused-ring (bicyclic) bond motifs is 1. The molecule has 114 valence electrons. The van der Waals surface area contributed by atoms with Gasteiger partial charge < -0.3 is 14.7 Å². The van der Waals surface area contributed by atoms with Crippen LogP contribution in [-0.4, -0.2) is 41.2 Å². The Hall–Kier alpha value is -1.62. The lowest BCUT2D eigenvalue weighted by Gasteiger charge is -2.23. The average molecular weight is 293 g/mol. The molecule has 1 heterocycles. The Morgan fingerprint density at radius 1 is 1.33 bits per heavy atom. The summed E-state index contributed by atoms with van der Waals surface area (Å²) in [6.45, 7) is 3.02. The van der Waals surface area contributed by atoms with Crippen molar-refractivity contribution in [3.05, 3.63) is 30.1 Å². The lowest BCUT2D eigenvalue weighted by Crippen LogP contribution is -2.40. The Labute approximate surface area is 123 Å². The number of likely N-dealkylation sites (tertiary alicyclic amines) is 1. The van der Waals surface area contributed by atoms with Crippen LogP contribution >= 0.6 is 0 Å². The highest BCUT2D eigenvalue weighted by Crippen LogP contribution is 2.38. The van der Waals surface area contributed by atoms with Gasteiger partial charge in [-0.05, 0) is 49.9 Å². The molecule has 4 nitrogen and oxygen atoms in total. The minimum atomic E-state index is -0.605. The summed E-state index contributed by atoms with van der Waals surface area (Å²) >= 11 is 0. The van der Waals surface area contributed by atoms with Crippen LogP contribution in [0.15, 0.2) is 24.3 Å². The van der Waals surface area contributed by atoms with E-state index in [4.69, 9.17) is 4.74 Å². The molecule has 1 aromatic carbocycles. The lowest BCUT2D eigenvalue weighted by atomic mass is 10.00. The molecule has 2 fully saturated rings. The molecule has 21 heavy (non-hydrogen) atoms. The third-order valence-electron chi connectivity index (χ3n) is 4.60. The van der Waals surface area contributed by atoms with E-state index in [1.807, 2.05) is 0 Å². The van der Waals surface area contributed by atoms with E-state index in [1.54, 1.807) is 11.8 Å². The molecule has 1 amide bonds. The Kier molecular flexibility index (Phi) is 3.85. The van der Waals surface area contributed by atoms with E-state index in [2.05, 4.69) is 0 Å². The summed E-state index contributed by atoms with van der Waals surface area (Å²) in [7, 11) is 0. The number of halogens is 1. The molecule has 0 spiro atoms. The van der Waals surface area contributed by atoms with Gasteiger partial charge >= 0.3 is 0 Å². The molecule has 5 heteroatoms. The Balaban J connectivity index is 1.59. The zero-order valence-corrected chi connectivity index (χ0v) is 12.0. The summed E-state index contributed by atoms with van der Waals surface area (Å²) in [5, 5.41) is 9.89. The zero-order chi connectivity index (χ0) is 15.0. The number of hydrogen-bond acceptors (Lipinski definition) is 3. The Morgan fingerprint density at radius 3 is 2.71 bits per heavy atom. The van der Waals surface area contributed by atoms with Crippen molar-refractivity contribution in [3.8, 4) is 5.75 Å². The van der Waals surface area contributed by atoms with Gasteiger partial charge in [0.15, 0.2) is 6.10 Å². The maximum Gasteiger partial charge on any atom is 0.263 e. The van der Waals surface area contributed by atoms with Crippen molar-refractivity contribution in [3.63, 3.8) is 0 Å². The largest absolute Gasteiger partial charge is 0.481 e. The van der Waals surface area contributed by atoms with Gasteiger partial charge in [-0.3, -0.25) is 4.79 Å². The normalized spacial score (nSPS) is 29.3. The van der Waals surface area contributed by atoms with Crippen LogP contribution in [0.5, 0.6) is 5.75 Å². The van der Waals surface area contributed by atoms with E-state index in [9.17, 15) is 14.3 Å². The number of rotatable bonds is 3. The molecule has 1 N–H and O–H groups in total. The molecule has 3 rings (SSSR count). The molecular formula is C16H20FNO3. The van der Waals surface area contributed by atoms with Crippen molar-refractivity contribution in [1.82, 2.24) is 4.90 Å². The van der Waals surface area contributed by atoms with E-state index < -0.39 is 6.10 Å². The van der Waals surface area contributed by atoms with Gasteiger partial charge in [0, 0.05) is 19.0 Å². The Morgan fingerprint density at radius 2 is 2.05 bits per heavy atom. The van der Waals surface area contributed by atoms with Gasteiger partial charge in [-0.1, -0.05) is 0 Å². The quantitative estimate of drug-likeness (QED) is 0.925. The third-order valence-corrected chi connectivity index (χ3v) is 4.60. The molecule has 4 atom stereocenters. The number of carbonyl (C=O) groups is 1. The fourth-order valence-corrected chi connectivity index (χ4v) is 3.44. The second-order valence-corrected chi connectivity index (χ2v) is 6.03. The summed E-state index contributed by atoms with van der Waals surface area (Å²) in [6, 6.07) is 5.65. The average Bonchev–Trinajstić information content (AvgIpc) is 3.03. The van der Waals surface area contributed by atoms with E-state index in [0.717, 1.165) is 12.8 Å². The van der Waals surface area contributed by atoms with Crippen LogP contribution in [0, 0.1) is 17.7 Å². The van der Waals surface area contributed by atoms with Gasteiger partial charge in [-0.25, -0.2) is 4.39 Å². The van der Waals surface area contributed by atoms with Crippen molar-refractivity contribution in [2.75, 3.05) is 13.1 Å². The first-order valence-corrected chi connectivity index (χ1v) is 7.43. The maximum absolute atomic E-state index is 12.8. The van der Waals surface area contributed by atoms with Crippen LogP contribution in [0.25, 0.3) is 0 Å². The van der Waals surface area contributed by atoms with E-state index in [-0.39, 0.29) is 23.7 Å². The molecule has 1 saturated heterocycles. The van der Waals surface area contributed by atoms with Crippen LogP contribution in [0.3, 0.4) is 0 Å². The highest BCUT2D eigenvalue weighted by atomic mass is 19.1. The van der Waals surface area contributed by atoms with Crippen molar-refractivity contribution >= 4 is 5.91 Å². The highest BCUT2D eigenvalue weighted by Gasteiger charge is 2.44. The predicted molar refractivity (Wildman–Crippen MR) is 75.3 cm³/mol. The molecule has 1 aliphatic carbocycles. The fraction of sp³-hybridized carbons (Fsp3) is 0.562. The highest BCUT2D eigenvalue weighted by molar-refractivity contribution is 5.81. The van der Waals surface area contributed by atoms with Crippen molar-refractivity contribution in [2.45, 2.75) is 32.0 Å². The van der Waals surface area contributed by atoms with Crippen molar-refractivity contribution < 1.29 is 19.0 Å². The van der Waals surface area contributed by atoms with Gasteiger partial charge in [0.2, 0.25) is 0 Å². The molecule has 1 aromatic rings. The first-order valence-electron chi connectivity index (χ1n) is 7.43. The van der Waals surface area contributed by atoms with Crippen LogP contribution in [0.2, 0.25) is 0 Å². The lowest BCUT2D eigenvalue weighted by molar-refractivity contribution is -0.137. The fourth-order valence-electron chi connectivity index (χ4n) is 3.44. The summed E-state index contributed by atoms with van der Waals surface area (Å²) in [5.74, 6) is 0.717. The molecule has 0 aromatic heterocycles.